The van der Waals surface area contributed by atoms with E-state index in [2.05, 4.69) is 29.3 Å². The number of likely N-dealkylation sites (tertiary alicyclic amines) is 1. The number of ketones is 1. The number of nitrogens with one attached hydrogen (secondary N) is 1. The van der Waals surface area contributed by atoms with E-state index >= 15 is 0 Å². The minimum atomic E-state index is 0.0657. The van der Waals surface area contributed by atoms with Crippen LogP contribution < -0.4 is 5.32 Å². The molecule has 4 nitrogen and oxygen atoms in total. The molecule has 0 radical (unpaired) electrons. The largest absolute Gasteiger partial charge is 0.353 e. The topological polar surface area (TPSA) is 49.4 Å². The number of piperidine rings is 1. The average molecular weight is 379 g/mol. The Labute approximate surface area is 167 Å². The van der Waals surface area contributed by atoms with Crippen molar-refractivity contribution in [2.24, 2.45) is 0 Å². The molecule has 1 unspecified atom stereocenters. The summed E-state index contributed by atoms with van der Waals surface area (Å²) in [6.45, 7) is 7.16. The third-order valence-corrected chi connectivity index (χ3v) is 5.58. The van der Waals surface area contributed by atoms with E-state index in [-0.39, 0.29) is 11.7 Å². The number of carbonyl (C=O) groups excluding carboxylic acids is 2. The van der Waals surface area contributed by atoms with Crippen LogP contribution in [-0.4, -0.2) is 42.3 Å². The van der Waals surface area contributed by atoms with Gasteiger partial charge in [0.1, 0.15) is 0 Å². The van der Waals surface area contributed by atoms with Crippen molar-refractivity contribution in [1.82, 2.24) is 10.2 Å². The summed E-state index contributed by atoms with van der Waals surface area (Å²) >= 11 is 0. The van der Waals surface area contributed by atoms with Gasteiger partial charge in [0.2, 0.25) is 5.91 Å². The zero-order chi connectivity index (χ0) is 19.9. The molecule has 2 aromatic rings. The van der Waals surface area contributed by atoms with E-state index in [0.717, 1.165) is 43.6 Å². The fraction of sp³-hybridized carbons (Fsp3) is 0.417. The number of amides is 1. The van der Waals surface area contributed by atoms with Gasteiger partial charge in [-0.25, -0.2) is 0 Å². The SMILES string of the molecule is CCC(=O)NC1CCN(CC(C)c2ccc(C(=O)c3ccccc3)cc2)CC1. The number of hydrogen-bond acceptors (Lipinski definition) is 3. The summed E-state index contributed by atoms with van der Waals surface area (Å²) in [5, 5.41) is 3.11. The predicted octanol–water partition coefficient (Wildman–Crippen LogP) is 4.01. The van der Waals surface area contributed by atoms with Crippen LogP contribution in [0.1, 0.15) is 60.5 Å². The standard InChI is InChI=1S/C24H30N2O2/c1-3-23(27)25-22-13-15-26(16-14-22)17-18(2)19-9-11-21(12-10-19)24(28)20-7-5-4-6-8-20/h4-12,18,22H,3,13-17H2,1-2H3,(H,25,27). The molecule has 2 aromatic carbocycles. The first-order chi connectivity index (χ1) is 13.6. The number of benzene rings is 2. The molecule has 1 aliphatic heterocycles. The summed E-state index contributed by atoms with van der Waals surface area (Å²) < 4.78 is 0. The van der Waals surface area contributed by atoms with E-state index < -0.39 is 0 Å². The van der Waals surface area contributed by atoms with Gasteiger partial charge in [0.25, 0.3) is 0 Å². The van der Waals surface area contributed by atoms with Crippen molar-refractivity contribution in [1.29, 1.82) is 0 Å². The van der Waals surface area contributed by atoms with Gasteiger partial charge in [0, 0.05) is 43.2 Å². The first-order valence-electron chi connectivity index (χ1n) is 10.3. The maximum atomic E-state index is 12.5. The van der Waals surface area contributed by atoms with Gasteiger partial charge in [-0.15, -0.1) is 0 Å². The quantitative estimate of drug-likeness (QED) is 0.741. The third-order valence-electron chi connectivity index (χ3n) is 5.58. The molecule has 0 spiro atoms. The Morgan fingerprint density at radius 2 is 1.61 bits per heavy atom. The van der Waals surface area contributed by atoms with Gasteiger partial charge in [-0.3, -0.25) is 9.59 Å². The first kappa shape index (κ1) is 20.3. The molecule has 1 aliphatic rings. The van der Waals surface area contributed by atoms with Gasteiger partial charge >= 0.3 is 0 Å². The third kappa shape index (κ3) is 5.29. The molecular weight excluding hydrogens is 348 g/mol. The highest BCUT2D eigenvalue weighted by Gasteiger charge is 2.21. The smallest absolute Gasteiger partial charge is 0.219 e. The molecule has 0 aliphatic carbocycles. The second-order valence-electron chi connectivity index (χ2n) is 7.71. The lowest BCUT2D eigenvalue weighted by molar-refractivity contribution is -0.121. The molecule has 1 saturated heterocycles. The summed E-state index contributed by atoms with van der Waals surface area (Å²) in [7, 11) is 0. The van der Waals surface area contributed by atoms with E-state index in [4.69, 9.17) is 0 Å². The molecular formula is C24H30N2O2. The van der Waals surface area contributed by atoms with Crippen molar-refractivity contribution < 1.29 is 9.59 Å². The fourth-order valence-electron chi connectivity index (χ4n) is 3.80. The maximum Gasteiger partial charge on any atom is 0.219 e. The number of hydrogen-bond donors (Lipinski definition) is 1. The summed E-state index contributed by atoms with van der Waals surface area (Å²) in [5.41, 5.74) is 2.71. The monoisotopic (exact) mass is 378 g/mol. The van der Waals surface area contributed by atoms with Crippen LogP contribution in [0.15, 0.2) is 54.6 Å². The lowest BCUT2D eigenvalue weighted by Crippen LogP contribution is -2.45. The second kappa shape index (κ2) is 9.65. The second-order valence-corrected chi connectivity index (χ2v) is 7.71. The zero-order valence-corrected chi connectivity index (χ0v) is 16.9. The Hall–Kier alpha value is -2.46. The minimum Gasteiger partial charge on any atom is -0.353 e. The van der Waals surface area contributed by atoms with E-state index in [1.165, 1.54) is 5.56 Å². The number of nitrogens with zero attached hydrogens (tertiary/aromatic N) is 1. The molecule has 3 rings (SSSR count). The van der Waals surface area contributed by atoms with Crippen LogP contribution in [-0.2, 0) is 4.79 Å². The van der Waals surface area contributed by atoms with Crippen LogP contribution in [0.2, 0.25) is 0 Å². The summed E-state index contributed by atoms with van der Waals surface area (Å²) in [5.74, 6) is 0.621. The van der Waals surface area contributed by atoms with Gasteiger partial charge < -0.3 is 10.2 Å². The highest BCUT2D eigenvalue weighted by Crippen LogP contribution is 2.21. The van der Waals surface area contributed by atoms with Crippen molar-refractivity contribution in [3.8, 4) is 0 Å². The van der Waals surface area contributed by atoms with Gasteiger partial charge in [0.05, 0.1) is 0 Å². The molecule has 1 amide bonds. The minimum absolute atomic E-state index is 0.0657. The van der Waals surface area contributed by atoms with Crippen molar-refractivity contribution in [3.63, 3.8) is 0 Å². The van der Waals surface area contributed by atoms with Crippen LogP contribution in [0.3, 0.4) is 0 Å². The van der Waals surface area contributed by atoms with Crippen molar-refractivity contribution >= 4 is 11.7 Å². The lowest BCUT2D eigenvalue weighted by Gasteiger charge is -2.34. The van der Waals surface area contributed by atoms with Crippen molar-refractivity contribution in [2.75, 3.05) is 19.6 Å². The Bertz CT molecular complexity index is 778. The lowest BCUT2D eigenvalue weighted by atomic mass is 9.95. The molecule has 1 N–H and O–H groups in total. The summed E-state index contributed by atoms with van der Waals surface area (Å²) in [4.78, 5) is 26.6. The molecule has 148 valence electrons. The van der Waals surface area contributed by atoms with Crippen molar-refractivity contribution in [2.45, 2.75) is 45.1 Å². The van der Waals surface area contributed by atoms with E-state index in [1.54, 1.807) is 0 Å². The molecule has 28 heavy (non-hydrogen) atoms. The maximum absolute atomic E-state index is 12.5. The van der Waals surface area contributed by atoms with Gasteiger partial charge in [-0.05, 0) is 24.3 Å². The molecule has 0 saturated carbocycles. The van der Waals surface area contributed by atoms with Crippen LogP contribution in [0.4, 0.5) is 0 Å². The molecule has 1 atom stereocenters. The van der Waals surface area contributed by atoms with Crippen LogP contribution in [0.25, 0.3) is 0 Å². The normalized spacial score (nSPS) is 16.5. The molecule has 1 heterocycles. The Kier molecular flexibility index (Phi) is 6.99. The number of carbonyl (C=O) groups is 2. The molecule has 1 fully saturated rings. The Morgan fingerprint density at radius 3 is 2.21 bits per heavy atom. The molecule has 0 aromatic heterocycles. The highest BCUT2D eigenvalue weighted by atomic mass is 16.1. The Morgan fingerprint density at radius 1 is 1.00 bits per heavy atom. The van der Waals surface area contributed by atoms with Crippen molar-refractivity contribution in [3.05, 3.63) is 71.3 Å². The highest BCUT2D eigenvalue weighted by molar-refractivity contribution is 6.08. The van der Waals surface area contributed by atoms with Gasteiger partial charge in [-0.1, -0.05) is 68.4 Å². The molecule has 4 heteroatoms. The van der Waals surface area contributed by atoms with Gasteiger partial charge in [0.15, 0.2) is 5.78 Å². The van der Waals surface area contributed by atoms with Crippen LogP contribution in [0, 0.1) is 0 Å². The Balaban J connectivity index is 1.52. The predicted molar refractivity (Wildman–Crippen MR) is 113 cm³/mol. The summed E-state index contributed by atoms with van der Waals surface area (Å²) in [6, 6.07) is 17.8. The van der Waals surface area contributed by atoms with E-state index in [1.807, 2.05) is 49.4 Å². The summed E-state index contributed by atoms with van der Waals surface area (Å²) in [6.07, 6.45) is 2.59. The van der Waals surface area contributed by atoms with Gasteiger partial charge in [-0.2, -0.15) is 0 Å². The average Bonchev–Trinajstić information content (AvgIpc) is 2.75. The fourth-order valence-corrected chi connectivity index (χ4v) is 3.80. The molecule has 0 bridgehead atoms. The van der Waals surface area contributed by atoms with E-state index in [0.29, 0.717) is 18.4 Å². The van der Waals surface area contributed by atoms with Crippen LogP contribution in [0.5, 0.6) is 0 Å². The van der Waals surface area contributed by atoms with E-state index in [9.17, 15) is 9.59 Å². The zero-order valence-electron chi connectivity index (χ0n) is 16.9. The van der Waals surface area contributed by atoms with Crippen LogP contribution >= 0.6 is 0 Å². The first-order valence-corrected chi connectivity index (χ1v) is 10.3. The number of rotatable bonds is 7.